The van der Waals surface area contributed by atoms with Crippen LogP contribution in [0.1, 0.15) is 84.2 Å². The van der Waals surface area contributed by atoms with Crippen LogP contribution < -0.4 is 5.19 Å². The Labute approximate surface area is 322 Å². The third-order valence-corrected chi connectivity index (χ3v) is 11.7. The SMILES string of the molecule is [2H]C([2H])([2H])c1ccc2c(n1)oc1c(-c3cc(C([2H])([2H])C4CCCC4)ccn3)[c-]ccc12.[2H]C([2H])(c1cc(-c2[c-]cccc2)ncc1[Si](C)(C)C)C1CCCCC1.[Ir]. The van der Waals surface area contributed by atoms with Crippen molar-refractivity contribution in [3.05, 3.63) is 108 Å². The summed E-state index contributed by atoms with van der Waals surface area (Å²) in [6.45, 7) is 4.51. The van der Waals surface area contributed by atoms with Gasteiger partial charge in [-0.1, -0.05) is 112 Å². The maximum absolute atomic E-state index is 8.99. The minimum absolute atomic E-state index is 0. The second-order valence-corrected chi connectivity index (χ2v) is 19.5. The zero-order chi connectivity index (χ0) is 39.9. The molecule has 0 amide bonds. The number of nitrogens with zero attached hydrogens (tertiary/aromatic N) is 3. The summed E-state index contributed by atoms with van der Waals surface area (Å²) in [5, 5.41) is 2.66. The molecule has 261 valence electrons. The summed E-state index contributed by atoms with van der Waals surface area (Å²) in [4.78, 5) is 13.3. The number of hydrogen-bond acceptors (Lipinski definition) is 4. The van der Waals surface area contributed by atoms with Gasteiger partial charge in [-0.05, 0) is 66.2 Å². The average Bonchev–Trinajstić information content (AvgIpc) is 3.87. The summed E-state index contributed by atoms with van der Waals surface area (Å²) in [7, 11) is -1.69. The van der Waals surface area contributed by atoms with Crippen molar-refractivity contribution in [1.82, 2.24) is 15.0 Å². The molecule has 2 fully saturated rings. The fourth-order valence-electron chi connectivity index (χ4n) is 7.11. The molecule has 0 spiro atoms. The molecule has 2 aliphatic carbocycles. The standard InChI is InChI=1S/C23H21N2O.C21H28NSi.Ir/c1-15-9-10-19-18-7-4-8-20(22(18)26-23(19)25-15)21-14-17(11-12-24-21)13-16-5-2-3-6-16;1-23(2,3)21-16-22-20(18-12-8-5-9-13-18)15-19(21)14-17-10-6-4-7-11-17;/h4,7,9-12,14,16H,2-3,5-6,13H2,1H3;5,8-9,12,15-17H,4,6-7,10-11,14H2,1-3H3;/q2*-1;/i1D3,13D2;14D2;. The van der Waals surface area contributed by atoms with Crippen LogP contribution >= 0.6 is 0 Å². The molecule has 8 rings (SSSR count). The van der Waals surface area contributed by atoms with Crippen LogP contribution in [0.25, 0.3) is 44.6 Å². The molecule has 0 bridgehead atoms. The Morgan fingerprint density at radius 1 is 0.820 bits per heavy atom. The summed E-state index contributed by atoms with van der Waals surface area (Å²) in [6.07, 6.45) is 10.3. The van der Waals surface area contributed by atoms with Crippen LogP contribution in [0.2, 0.25) is 19.6 Å². The molecule has 2 saturated carbocycles. The predicted octanol–water partition coefficient (Wildman–Crippen LogP) is 11.1. The summed E-state index contributed by atoms with van der Waals surface area (Å²) < 4.78 is 64.1. The van der Waals surface area contributed by atoms with Gasteiger partial charge in [0.1, 0.15) is 0 Å². The molecule has 2 aliphatic rings. The fourth-order valence-corrected chi connectivity index (χ4v) is 8.52. The maximum Gasteiger partial charge on any atom is 0.216 e. The van der Waals surface area contributed by atoms with Gasteiger partial charge in [0, 0.05) is 53.2 Å². The van der Waals surface area contributed by atoms with Crippen molar-refractivity contribution >= 4 is 35.3 Å². The van der Waals surface area contributed by atoms with E-state index in [1.807, 2.05) is 42.6 Å². The van der Waals surface area contributed by atoms with E-state index in [0.29, 0.717) is 22.4 Å². The molecular weight excluding hydrogens is 807 g/mol. The number of fused-ring (bicyclic) bond motifs is 3. The monoisotopic (exact) mass is 863 g/mol. The van der Waals surface area contributed by atoms with Gasteiger partial charge in [-0.2, -0.15) is 0 Å². The Bertz CT molecular complexity index is 2310. The van der Waals surface area contributed by atoms with E-state index < -0.39 is 27.7 Å². The average molecular weight is 863 g/mol. The van der Waals surface area contributed by atoms with Crippen molar-refractivity contribution in [3.63, 3.8) is 0 Å². The first kappa shape index (κ1) is 28.2. The van der Waals surface area contributed by atoms with Crippen LogP contribution in [-0.4, -0.2) is 23.0 Å². The van der Waals surface area contributed by atoms with Crippen molar-refractivity contribution in [2.24, 2.45) is 11.8 Å². The zero-order valence-corrected chi connectivity index (χ0v) is 32.5. The molecule has 0 unspecified atom stereocenters. The molecule has 0 aliphatic heterocycles. The van der Waals surface area contributed by atoms with Crippen LogP contribution in [0.4, 0.5) is 0 Å². The summed E-state index contributed by atoms with van der Waals surface area (Å²) in [5.74, 6) is 0.127. The number of pyridine rings is 3. The van der Waals surface area contributed by atoms with Crippen molar-refractivity contribution in [2.45, 2.75) is 97.0 Å². The third-order valence-electron chi connectivity index (χ3n) is 9.70. The Hall–Kier alpha value is -3.44. The van der Waals surface area contributed by atoms with Gasteiger partial charge in [-0.15, -0.1) is 54.1 Å². The zero-order valence-electron chi connectivity index (χ0n) is 36.1. The maximum atomic E-state index is 8.99. The molecular formula is C44H49IrN3OSi-2. The number of aromatic nitrogens is 3. The first-order valence-electron chi connectivity index (χ1n) is 21.2. The molecule has 4 heterocycles. The van der Waals surface area contributed by atoms with E-state index in [0.717, 1.165) is 84.1 Å². The van der Waals surface area contributed by atoms with E-state index in [1.165, 1.54) is 12.5 Å². The van der Waals surface area contributed by atoms with Gasteiger partial charge in [0.05, 0.1) is 13.7 Å². The predicted molar refractivity (Wildman–Crippen MR) is 206 cm³/mol. The number of aryl methyl sites for hydroxylation is 1. The van der Waals surface area contributed by atoms with Crippen LogP contribution in [-0.2, 0) is 32.9 Å². The molecule has 4 aromatic heterocycles. The van der Waals surface area contributed by atoms with Crippen LogP contribution in [0.3, 0.4) is 0 Å². The Balaban J connectivity index is 0.000000194. The van der Waals surface area contributed by atoms with Crippen molar-refractivity contribution < 1.29 is 34.1 Å². The topological polar surface area (TPSA) is 51.8 Å². The van der Waals surface area contributed by atoms with Gasteiger partial charge in [-0.3, -0.25) is 0 Å². The first-order valence-corrected chi connectivity index (χ1v) is 21.2. The Morgan fingerprint density at radius 2 is 1.60 bits per heavy atom. The minimum atomic E-state index is -2.32. The van der Waals surface area contributed by atoms with Gasteiger partial charge in [-0.25, -0.2) is 4.98 Å². The second kappa shape index (κ2) is 16.3. The van der Waals surface area contributed by atoms with Crippen LogP contribution in [0, 0.1) is 30.8 Å². The van der Waals surface area contributed by atoms with Gasteiger partial charge >= 0.3 is 0 Å². The van der Waals surface area contributed by atoms with E-state index in [1.54, 1.807) is 30.5 Å². The normalized spacial score (nSPS) is 18.4. The molecule has 1 radical (unpaired) electrons. The number of hydrogen-bond donors (Lipinski definition) is 0. The summed E-state index contributed by atoms with van der Waals surface area (Å²) in [6, 6.07) is 26.6. The van der Waals surface area contributed by atoms with E-state index in [9.17, 15) is 0 Å². The van der Waals surface area contributed by atoms with E-state index >= 15 is 0 Å². The van der Waals surface area contributed by atoms with Gasteiger partial charge in [0.15, 0.2) is 0 Å². The number of benzene rings is 2. The number of rotatable bonds is 7. The van der Waals surface area contributed by atoms with Gasteiger partial charge in [0.2, 0.25) is 5.71 Å². The van der Waals surface area contributed by atoms with E-state index in [4.69, 9.17) is 14.0 Å². The molecule has 0 N–H and O–H groups in total. The summed E-state index contributed by atoms with van der Waals surface area (Å²) >= 11 is 0. The van der Waals surface area contributed by atoms with Crippen molar-refractivity contribution in [3.8, 4) is 22.5 Å². The number of furan rings is 1. The fraction of sp³-hybridized carbons (Fsp3) is 0.386. The van der Waals surface area contributed by atoms with Crippen LogP contribution in [0.5, 0.6) is 0 Å². The largest absolute Gasteiger partial charge is 0.486 e. The quantitative estimate of drug-likeness (QED) is 0.119. The first-order chi connectivity index (χ1) is 26.5. The molecule has 0 saturated heterocycles. The molecule has 6 heteroatoms. The van der Waals surface area contributed by atoms with Crippen molar-refractivity contribution in [2.75, 3.05) is 0 Å². The summed E-state index contributed by atoms with van der Waals surface area (Å²) in [5.41, 5.74) is 5.17. The molecule has 4 nitrogen and oxygen atoms in total. The van der Waals surface area contributed by atoms with Gasteiger partial charge < -0.3 is 14.4 Å². The smallest absolute Gasteiger partial charge is 0.216 e. The van der Waals surface area contributed by atoms with Crippen LogP contribution in [0.15, 0.2) is 83.5 Å². The van der Waals surface area contributed by atoms with E-state index in [-0.39, 0.29) is 43.3 Å². The molecule has 6 aromatic rings. The second-order valence-electron chi connectivity index (χ2n) is 14.4. The molecule has 50 heavy (non-hydrogen) atoms. The van der Waals surface area contributed by atoms with Crippen molar-refractivity contribution in [1.29, 1.82) is 0 Å². The Morgan fingerprint density at radius 3 is 2.34 bits per heavy atom. The molecule has 2 aromatic carbocycles. The Kier molecular flexibility index (Phi) is 9.17. The minimum Gasteiger partial charge on any atom is -0.486 e. The third kappa shape index (κ3) is 8.53. The van der Waals surface area contributed by atoms with Gasteiger partial charge in [0.25, 0.3) is 0 Å². The van der Waals surface area contributed by atoms with E-state index in [2.05, 4.69) is 46.7 Å². The molecule has 0 atom stereocenters.